The molecule has 0 unspecified atom stereocenters. The molecule has 12 nitrogen and oxygen atoms in total. The molecule has 2 saturated heterocycles. The highest BCUT2D eigenvalue weighted by atomic mass is 16.5. The summed E-state index contributed by atoms with van der Waals surface area (Å²) >= 11 is 0. The lowest BCUT2D eigenvalue weighted by molar-refractivity contribution is -0.163. The van der Waals surface area contributed by atoms with Crippen molar-refractivity contribution in [1.29, 1.82) is 0 Å². The molecule has 1 spiro atoms. The highest BCUT2D eigenvalue weighted by molar-refractivity contribution is 5.77. The first kappa shape index (κ1) is 27.4. The minimum atomic E-state index is -0.0320. The van der Waals surface area contributed by atoms with Gasteiger partial charge in [0.25, 0.3) is 0 Å². The number of phenolic OH excluding ortho intramolecular Hbond substituents is 1. The monoisotopic (exact) mass is 597 g/mol. The van der Waals surface area contributed by atoms with Crippen LogP contribution in [0.2, 0.25) is 0 Å². The van der Waals surface area contributed by atoms with E-state index < -0.39 is 0 Å². The number of hydrogen-bond donors (Lipinski definition) is 2. The summed E-state index contributed by atoms with van der Waals surface area (Å²) in [6, 6.07) is 10.1. The van der Waals surface area contributed by atoms with E-state index in [2.05, 4.69) is 35.1 Å². The molecule has 5 aliphatic rings. The molecule has 1 aromatic carbocycles. The second kappa shape index (κ2) is 10.8. The summed E-state index contributed by atoms with van der Waals surface area (Å²) in [5, 5.41) is 22.6. The molecule has 0 radical (unpaired) electrons. The van der Waals surface area contributed by atoms with Crippen LogP contribution >= 0.6 is 0 Å². The van der Waals surface area contributed by atoms with Crippen LogP contribution in [0.15, 0.2) is 42.7 Å². The molecule has 1 atom stereocenters. The molecule has 3 aromatic rings. The van der Waals surface area contributed by atoms with Gasteiger partial charge in [-0.25, -0.2) is 9.97 Å². The average Bonchev–Trinajstić information content (AvgIpc) is 3.03. The number of anilines is 4. The standard InChI is InChI=1S/C32H39N9O3/c1-44-30(43)21-13-32(14-21)15-22(16-32)38-6-8-39(9-7-38)23-17-34-31(35-18-23)40-10-11-41-24(20-40)19-33-29-27(41)12-26(36-37-29)25-4-2-3-5-28(25)42/h2-5,12,17-18,21-22,24,42H,6-11,13-16,19-20H2,1H3,(H,33,37)/t21?,22?,24-,32?/m0/s1. The van der Waals surface area contributed by atoms with Crippen LogP contribution in [0.5, 0.6) is 5.75 Å². The van der Waals surface area contributed by atoms with Gasteiger partial charge in [-0.1, -0.05) is 12.1 Å². The third kappa shape index (κ3) is 4.75. The molecule has 230 valence electrons. The van der Waals surface area contributed by atoms with Crippen molar-refractivity contribution >= 4 is 29.1 Å². The van der Waals surface area contributed by atoms with E-state index in [0.717, 1.165) is 88.3 Å². The summed E-state index contributed by atoms with van der Waals surface area (Å²) in [6.45, 7) is 7.28. The van der Waals surface area contributed by atoms with Gasteiger partial charge in [0.2, 0.25) is 5.95 Å². The quantitative estimate of drug-likeness (QED) is 0.421. The Labute approximate surface area is 257 Å². The molecule has 8 rings (SSSR count). The van der Waals surface area contributed by atoms with Crippen LogP contribution in [0.3, 0.4) is 0 Å². The zero-order valence-corrected chi connectivity index (χ0v) is 25.1. The van der Waals surface area contributed by atoms with Gasteiger partial charge < -0.3 is 29.9 Å². The Morgan fingerprint density at radius 1 is 0.955 bits per heavy atom. The van der Waals surface area contributed by atoms with Crippen LogP contribution in [-0.2, 0) is 9.53 Å². The van der Waals surface area contributed by atoms with Crippen LogP contribution in [0.1, 0.15) is 25.7 Å². The Morgan fingerprint density at radius 3 is 2.45 bits per heavy atom. The van der Waals surface area contributed by atoms with E-state index in [0.29, 0.717) is 22.7 Å². The lowest BCUT2D eigenvalue weighted by Gasteiger charge is -2.60. The summed E-state index contributed by atoms with van der Waals surface area (Å²) in [7, 11) is 1.50. The van der Waals surface area contributed by atoms with Gasteiger partial charge in [0.15, 0.2) is 5.82 Å². The number of carbonyl (C=O) groups is 1. The number of piperazine rings is 2. The maximum Gasteiger partial charge on any atom is 0.308 e. The zero-order chi connectivity index (χ0) is 29.8. The van der Waals surface area contributed by atoms with Crippen LogP contribution in [0.25, 0.3) is 11.3 Å². The summed E-state index contributed by atoms with van der Waals surface area (Å²) in [4.78, 5) is 31.1. The number of esters is 1. The number of phenols is 1. The van der Waals surface area contributed by atoms with E-state index in [9.17, 15) is 9.90 Å². The number of nitrogens with one attached hydrogen (secondary N) is 1. The number of ether oxygens (including phenoxy) is 1. The second-order valence-electron chi connectivity index (χ2n) is 13.1. The third-order valence-electron chi connectivity index (χ3n) is 10.6. The largest absolute Gasteiger partial charge is 0.507 e. The van der Waals surface area contributed by atoms with Crippen LogP contribution in [0, 0.1) is 11.3 Å². The lowest BCUT2D eigenvalue weighted by Crippen LogP contribution is -2.60. The number of aromatic hydroxyl groups is 1. The van der Waals surface area contributed by atoms with Crippen molar-refractivity contribution in [3.63, 3.8) is 0 Å². The number of carbonyl (C=O) groups excluding carboxylic acids is 1. The fraction of sp³-hybridized carbons (Fsp3) is 0.531. The number of aromatic nitrogens is 4. The summed E-state index contributed by atoms with van der Waals surface area (Å²) in [5.74, 6) is 1.84. The van der Waals surface area contributed by atoms with Gasteiger partial charge in [0, 0.05) is 64.0 Å². The number of methoxy groups -OCH3 is 1. The van der Waals surface area contributed by atoms with Crippen LogP contribution in [0.4, 0.5) is 23.1 Å². The molecule has 2 N–H and O–H groups in total. The van der Waals surface area contributed by atoms with E-state index in [-0.39, 0.29) is 23.7 Å². The van der Waals surface area contributed by atoms with Crippen LogP contribution in [-0.4, -0.2) is 108 Å². The van der Waals surface area contributed by atoms with E-state index in [1.54, 1.807) is 12.1 Å². The lowest BCUT2D eigenvalue weighted by atomic mass is 9.49. The Hall–Kier alpha value is -4.19. The summed E-state index contributed by atoms with van der Waals surface area (Å²) in [6.07, 6.45) is 8.42. The Bertz CT molecular complexity index is 1530. The zero-order valence-electron chi connectivity index (χ0n) is 25.1. The normalized spacial score (nSPS) is 27.9. The van der Waals surface area contributed by atoms with E-state index >= 15 is 0 Å². The van der Waals surface area contributed by atoms with Gasteiger partial charge in [-0.05, 0) is 49.3 Å². The molecule has 2 aromatic heterocycles. The van der Waals surface area contributed by atoms with Crippen molar-refractivity contribution in [1.82, 2.24) is 25.1 Å². The number of benzene rings is 1. The predicted molar refractivity (Wildman–Crippen MR) is 167 cm³/mol. The minimum Gasteiger partial charge on any atom is -0.507 e. The van der Waals surface area contributed by atoms with Gasteiger partial charge in [-0.2, -0.15) is 0 Å². The average molecular weight is 598 g/mol. The summed E-state index contributed by atoms with van der Waals surface area (Å²) in [5.41, 5.74) is 3.84. The molecule has 0 amide bonds. The Balaban J connectivity index is 0.854. The van der Waals surface area contributed by atoms with Crippen molar-refractivity contribution in [3.8, 4) is 17.0 Å². The molecule has 5 heterocycles. The molecular formula is C32H39N9O3. The molecule has 12 heteroatoms. The molecule has 44 heavy (non-hydrogen) atoms. The number of rotatable bonds is 5. The molecule has 3 aliphatic heterocycles. The van der Waals surface area contributed by atoms with Crippen molar-refractivity contribution in [2.75, 3.05) is 79.5 Å². The third-order valence-corrected chi connectivity index (χ3v) is 10.6. The molecular weight excluding hydrogens is 558 g/mol. The van der Waals surface area contributed by atoms with Gasteiger partial charge in [-0.15, -0.1) is 10.2 Å². The predicted octanol–water partition coefficient (Wildman–Crippen LogP) is 2.61. The maximum absolute atomic E-state index is 11.8. The van der Waals surface area contributed by atoms with E-state index in [1.807, 2.05) is 30.6 Å². The molecule has 2 aliphatic carbocycles. The van der Waals surface area contributed by atoms with Gasteiger partial charge >= 0.3 is 5.97 Å². The van der Waals surface area contributed by atoms with Gasteiger partial charge in [-0.3, -0.25) is 9.69 Å². The van der Waals surface area contributed by atoms with Crippen LogP contribution < -0.4 is 20.0 Å². The Morgan fingerprint density at radius 2 is 1.70 bits per heavy atom. The van der Waals surface area contributed by atoms with Gasteiger partial charge in [0.05, 0.1) is 48.5 Å². The van der Waals surface area contributed by atoms with Crippen molar-refractivity contribution in [2.24, 2.45) is 11.3 Å². The summed E-state index contributed by atoms with van der Waals surface area (Å²) < 4.78 is 4.92. The number of fused-ring (bicyclic) bond motifs is 3. The topological polar surface area (TPSA) is 123 Å². The number of nitrogens with zero attached hydrogens (tertiary/aromatic N) is 8. The first-order chi connectivity index (χ1) is 21.5. The fourth-order valence-electron chi connectivity index (χ4n) is 8.13. The second-order valence-corrected chi connectivity index (χ2v) is 13.1. The van der Waals surface area contributed by atoms with Crippen molar-refractivity contribution in [2.45, 2.75) is 37.8 Å². The smallest absolute Gasteiger partial charge is 0.308 e. The number of para-hydroxylation sites is 1. The maximum atomic E-state index is 11.8. The highest BCUT2D eigenvalue weighted by Gasteiger charge is 2.56. The van der Waals surface area contributed by atoms with E-state index in [4.69, 9.17) is 14.7 Å². The first-order valence-electron chi connectivity index (χ1n) is 15.8. The molecule has 2 saturated carbocycles. The number of hydrogen-bond acceptors (Lipinski definition) is 12. The van der Waals surface area contributed by atoms with Crippen molar-refractivity contribution in [3.05, 3.63) is 42.7 Å². The Kier molecular flexibility index (Phi) is 6.69. The SMILES string of the molecule is COC(=O)C1CC2(C1)CC(N1CCN(c3cnc(N4CCN5c6cc(-c7ccccc7O)nnc6NC[C@H]5C4)nc3)CC1)C2. The van der Waals surface area contributed by atoms with Crippen molar-refractivity contribution < 1.29 is 14.6 Å². The highest BCUT2D eigenvalue weighted by Crippen LogP contribution is 2.60. The fourth-order valence-corrected chi connectivity index (χ4v) is 8.13. The molecule has 4 fully saturated rings. The first-order valence-corrected chi connectivity index (χ1v) is 15.8. The van der Waals surface area contributed by atoms with Gasteiger partial charge in [0.1, 0.15) is 5.75 Å². The molecule has 0 bridgehead atoms. The minimum absolute atomic E-state index is 0.0320. The van der Waals surface area contributed by atoms with E-state index in [1.165, 1.54) is 20.0 Å².